The van der Waals surface area contributed by atoms with Crippen LogP contribution in [0.1, 0.15) is 24.2 Å². The normalized spacial score (nSPS) is 12.1. The summed E-state index contributed by atoms with van der Waals surface area (Å²) in [5.74, 6) is -0.954. The molecule has 1 amide bonds. The minimum absolute atomic E-state index is 0.0789. The molecule has 0 bridgehead atoms. The lowest BCUT2D eigenvalue weighted by atomic mass is 10.0. The van der Waals surface area contributed by atoms with Gasteiger partial charge in [0.1, 0.15) is 6.04 Å². The first-order valence-corrected chi connectivity index (χ1v) is 6.59. The van der Waals surface area contributed by atoms with E-state index in [1.165, 1.54) is 7.11 Å². The van der Waals surface area contributed by atoms with Gasteiger partial charge in [0, 0.05) is 10.2 Å². The van der Waals surface area contributed by atoms with Crippen molar-refractivity contribution in [2.24, 2.45) is 5.92 Å². The third-order valence-corrected chi connectivity index (χ3v) is 3.16. The molecule has 1 aromatic carbocycles. The van der Waals surface area contributed by atoms with Crippen LogP contribution in [0, 0.1) is 5.92 Å². The lowest BCUT2D eigenvalue weighted by Gasteiger charge is -2.20. The Morgan fingerprint density at radius 2 is 2.00 bits per heavy atom. The van der Waals surface area contributed by atoms with Gasteiger partial charge in [0.15, 0.2) is 0 Å². The van der Waals surface area contributed by atoms with Crippen LogP contribution in [0.25, 0.3) is 0 Å². The topological polar surface area (TPSA) is 81.4 Å². The summed E-state index contributed by atoms with van der Waals surface area (Å²) in [6, 6.07) is 4.28. The molecule has 0 aromatic heterocycles. The predicted octanol–water partition coefficient (Wildman–Crippen LogP) is 1.96. The van der Waals surface area contributed by atoms with Gasteiger partial charge in [0.05, 0.1) is 12.7 Å². The first-order chi connectivity index (χ1) is 8.86. The number of ether oxygens (including phenoxy) is 1. The van der Waals surface area contributed by atoms with E-state index in [1.54, 1.807) is 18.2 Å². The zero-order valence-electron chi connectivity index (χ0n) is 11.1. The molecule has 0 saturated heterocycles. The van der Waals surface area contributed by atoms with Crippen LogP contribution in [0.3, 0.4) is 0 Å². The summed E-state index contributed by atoms with van der Waals surface area (Å²) in [5.41, 5.74) is 6.43. The van der Waals surface area contributed by atoms with Gasteiger partial charge in [-0.1, -0.05) is 29.8 Å². The third kappa shape index (κ3) is 3.96. The van der Waals surface area contributed by atoms with Crippen molar-refractivity contribution in [1.29, 1.82) is 0 Å². The van der Waals surface area contributed by atoms with Crippen molar-refractivity contribution in [2.45, 2.75) is 19.9 Å². The Morgan fingerprint density at radius 3 is 2.53 bits per heavy atom. The highest BCUT2D eigenvalue weighted by Gasteiger charge is 2.26. The van der Waals surface area contributed by atoms with E-state index in [0.29, 0.717) is 11.3 Å². The minimum atomic E-state index is -0.698. The second-order valence-electron chi connectivity index (χ2n) is 4.45. The lowest BCUT2D eigenvalue weighted by Crippen LogP contribution is -2.45. The van der Waals surface area contributed by atoms with Crippen LogP contribution in [0.5, 0.6) is 0 Å². The first-order valence-electron chi connectivity index (χ1n) is 5.80. The average Bonchev–Trinajstić information content (AvgIpc) is 2.37. The molecular formula is C13H17BrN2O3. The van der Waals surface area contributed by atoms with Crippen LogP contribution >= 0.6 is 15.9 Å². The van der Waals surface area contributed by atoms with Crippen molar-refractivity contribution in [3.05, 3.63) is 28.2 Å². The number of methoxy groups -OCH3 is 1. The number of rotatable bonds is 4. The van der Waals surface area contributed by atoms with E-state index in [0.717, 1.165) is 4.47 Å². The average molecular weight is 329 g/mol. The Balaban J connectivity index is 2.94. The number of benzene rings is 1. The predicted molar refractivity (Wildman–Crippen MR) is 76.7 cm³/mol. The molecule has 5 nitrogen and oxygen atoms in total. The van der Waals surface area contributed by atoms with Gasteiger partial charge in [-0.25, -0.2) is 4.79 Å². The number of carbonyl (C=O) groups excluding carboxylic acids is 2. The molecule has 0 aliphatic heterocycles. The lowest BCUT2D eigenvalue weighted by molar-refractivity contribution is -0.144. The van der Waals surface area contributed by atoms with Crippen LogP contribution in [-0.2, 0) is 9.53 Å². The second kappa shape index (κ2) is 6.56. The fourth-order valence-electron chi connectivity index (χ4n) is 1.57. The summed E-state index contributed by atoms with van der Waals surface area (Å²) in [5, 5.41) is 2.64. The second-order valence-corrected chi connectivity index (χ2v) is 5.37. The van der Waals surface area contributed by atoms with Gasteiger partial charge in [-0.15, -0.1) is 0 Å². The van der Waals surface area contributed by atoms with Crippen molar-refractivity contribution in [3.63, 3.8) is 0 Å². The number of nitrogen functional groups attached to an aromatic ring is 1. The summed E-state index contributed by atoms with van der Waals surface area (Å²) < 4.78 is 5.41. The van der Waals surface area contributed by atoms with E-state index < -0.39 is 17.9 Å². The largest absolute Gasteiger partial charge is 0.467 e. The van der Waals surface area contributed by atoms with E-state index in [2.05, 4.69) is 26.0 Å². The van der Waals surface area contributed by atoms with E-state index in [1.807, 2.05) is 13.8 Å². The molecule has 1 aromatic rings. The van der Waals surface area contributed by atoms with Gasteiger partial charge in [0.2, 0.25) is 0 Å². The fourth-order valence-corrected chi connectivity index (χ4v) is 1.93. The van der Waals surface area contributed by atoms with Crippen molar-refractivity contribution >= 4 is 33.5 Å². The van der Waals surface area contributed by atoms with Crippen LogP contribution < -0.4 is 11.1 Å². The highest BCUT2D eigenvalue weighted by Crippen LogP contribution is 2.19. The number of esters is 1. The molecule has 0 fully saturated rings. The molecule has 0 spiro atoms. The Morgan fingerprint density at radius 1 is 1.37 bits per heavy atom. The quantitative estimate of drug-likeness (QED) is 0.654. The molecule has 3 N–H and O–H groups in total. The van der Waals surface area contributed by atoms with Crippen molar-refractivity contribution in [1.82, 2.24) is 5.32 Å². The molecule has 1 atom stereocenters. The number of halogens is 1. The monoisotopic (exact) mass is 328 g/mol. The van der Waals surface area contributed by atoms with Gasteiger partial charge < -0.3 is 15.8 Å². The van der Waals surface area contributed by atoms with E-state index in [4.69, 9.17) is 5.73 Å². The molecule has 0 aliphatic carbocycles. The van der Waals surface area contributed by atoms with Crippen LogP contribution in [0.4, 0.5) is 5.69 Å². The van der Waals surface area contributed by atoms with E-state index in [-0.39, 0.29) is 5.92 Å². The molecular weight excluding hydrogens is 312 g/mol. The maximum absolute atomic E-state index is 12.1. The number of nitrogens with two attached hydrogens (primary N) is 1. The van der Waals surface area contributed by atoms with Crippen LogP contribution in [-0.4, -0.2) is 25.0 Å². The maximum Gasteiger partial charge on any atom is 0.328 e. The number of anilines is 1. The Hall–Kier alpha value is -1.56. The van der Waals surface area contributed by atoms with Gasteiger partial charge in [-0.05, 0) is 24.1 Å². The standard InChI is InChI=1S/C13H17BrN2O3/c1-7(2)11(13(18)19-3)16-12(17)9-6-8(14)4-5-10(9)15/h4-7,11H,15H2,1-3H3,(H,16,17). The molecule has 19 heavy (non-hydrogen) atoms. The molecule has 0 saturated carbocycles. The van der Waals surface area contributed by atoms with Gasteiger partial charge in [-0.2, -0.15) is 0 Å². The Labute approximate surface area is 120 Å². The van der Waals surface area contributed by atoms with Gasteiger partial charge in [-0.3, -0.25) is 4.79 Å². The van der Waals surface area contributed by atoms with Crippen LogP contribution in [0.2, 0.25) is 0 Å². The molecule has 0 radical (unpaired) electrons. The zero-order chi connectivity index (χ0) is 14.6. The summed E-state index contributed by atoms with van der Waals surface area (Å²) in [7, 11) is 1.29. The molecule has 104 valence electrons. The molecule has 6 heteroatoms. The first kappa shape index (κ1) is 15.5. The molecule has 1 unspecified atom stereocenters. The molecule has 0 aliphatic rings. The van der Waals surface area contributed by atoms with Gasteiger partial charge in [0.25, 0.3) is 5.91 Å². The molecule has 1 rings (SSSR count). The zero-order valence-corrected chi connectivity index (χ0v) is 12.7. The Bertz CT molecular complexity index is 489. The van der Waals surface area contributed by atoms with Crippen molar-refractivity contribution in [3.8, 4) is 0 Å². The summed E-state index contributed by atoms with van der Waals surface area (Å²) in [4.78, 5) is 23.7. The fraction of sp³-hybridized carbons (Fsp3) is 0.385. The van der Waals surface area contributed by atoms with Crippen molar-refractivity contribution in [2.75, 3.05) is 12.8 Å². The number of carbonyl (C=O) groups is 2. The number of amides is 1. The maximum atomic E-state index is 12.1. The SMILES string of the molecule is COC(=O)C(NC(=O)c1cc(Br)ccc1N)C(C)C. The van der Waals surface area contributed by atoms with E-state index in [9.17, 15) is 9.59 Å². The van der Waals surface area contributed by atoms with Crippen molar-refractivity contribution < 1.29 is 14.3 Å². The highest BCUT2D eigenvalue weighted by molar-refractivity contribution is 9.10. The minimum Gasteiger partial charge on any atom is -0.467 e. The van der Waals surface area contributed by atoms with E-state index >= 15 is 0 Å². The smallest absolute Gasteiger partial charge is 0.328 e. The van der Waals surface area contributed by atoms with Gasteiger partial charge >= 0.3 is 5.97 Å². The molecule has 0 heterocycles. The highest BCUT2D eigenvalue weighted by atomic mass is 79.9. The number of nitrogens with one attached hydrogen (secondary N) is 1. The third-order valence-electron chi connectivity index (χ3n) is 2.67. The van der Waals surface area contributed by atoms with Crippen LogP contribution in [0.15, 0.2) is 22.7 Å². The summed E-state index contributed by atoms with van der Waals surface area (Å²) >= 11 is 3.28. The number of hydrogen-bond donors (Lipinski definition) is 2. The summed E-state index contributed by atoms with van der Waals surface area (Å²) in [6.07, 6.45) is 0. The number of hydrogen-bond acceptors (Lipinski definition) is 4. The summed E-state index contributed by atoms with van der Waals surface area (Å²) in [6.45, 7) is 3.65. The Kier molecular flexibility index (Phi) is 5.35.